The molecule has 0 saturated heterocycles. The summed E-state index contributed by atoms with van der Waals surface area (Å²) in [5.41, 5.74) is 1.07. The highest BCUT2D eigenvalue weighted by Gasteiger charge is 2.24. The van der Waals surface area contributed by atoms with Gasteiger partial charge in [-0.25, -0.2) is 0 Å². The zero-order valence-corrected chi connectivity index (χ0v) is 11.4. The van der Waals surface area contributed by atoms with Crippen LogP contribution in [0.5, 0.6) is 0 Å². The van der Waals surface area contributed by atoms with Gasteiger partial charge in [-0.1, -0.05) is 17.7 Å². The third kappa shape index (κ3) is 2.07. The van der Waals surface area contributed by atoms with Crippen molar-refractivity contribution in [2.45, 2.75) is 39.3 Å². The molecule has 2 aromatic rings. The van der Waals surface area contributed by atoms with E-state index in [-0.39, 0.29) is 0 Å². The van der Waals surface area contributed by atoms with Crippen molar-refractivity contribution >= 4 is 22.5 Å². The average molecular weight is 252 g/mol. The maximum atomic E-state index is 10.2. The molecule has 0 aliphatic carbocycles. The summed E-state index contributed by atoms with van der Waals surface area (Å²) in [7, 11) is 0. The van der Waals surface area contributed by atoms with E-state index in [4.69, 9.17) is 11.6 Å². The molecule has 2 nitrogen and oxygen atoms in total. The lowest BCUT2D eigenvalue weighted by Gasteiger charge is -2.16. The summed E-state index contributed by atoms with van der Waals surface area (Å²) in [6, 6.07) is 6.19. The number of aliphatic hydroxyl groups is 1. The van der Waals surface area contributed by atoms with Gasteiger partial charge in [0.2, 0.25) is 0 Å². The predicted octanol–water partition coefficient (Wildman–Crippen LogP) is 4.10. The molecule has 0 amide bonds. The Morgan fingerprint density at radius 1 is 1.29 bits per heavy atom. The van der Waals surface area contributed by atoms with Crippen LogP contribution in [0.1, 0.15) is 39.3 Å². The van der Waals surface area contributed by atoms with Crippen LogP contribution in [-0.2, 0) is 5.60 Å². The molecule has 92 valence electrons. The van der Waals surface area contributed by atoms with Gasteiger partial charge in [-0.05, 0) is 39.8 Å². The molecule has 2 rings (SSSR count). The van der Waals surface area contributed by atoms with Crippen LogP contribution in [-0.4, -0.2) is 9.67 Å². The SMILES string of the molecule is CC(C)n1cc(C(C)(C)O)c2c(Cl)cccc21. The van der Waals surface area contributed by atoms with Crippen molar-refractivity contribution in [3.8, 4) is 0 Å². The first-order valence-corrected chi connectivity index (χ1v) is 6.22. The van der Waals surface area contributed by atoms with Crippen molar-refractivity contribution in [2.24, 2.45) is 0 Å². The van der Waals surface area contributed by atoms with Crippen LogP contribution in [0, 0.1) is 0 Å². The summed E-state index contributed by atoms with van der Waals surface area (Å²) in [6.45, 7) is 7.81. The third-order valence-electron chi connectivity index (χ3n) is 3.02. The smallest absolute Gasteiger partial charge is 0.0861 e. The van der Waals surface area contributed by atoms with Gasteiger partial charge in [0.15, 0.2) is 0 Å². The van der Waals surface area contributed by atoms with E-state index >= 15 is 0 Å². The fraction of sp³-hybridized carbons (Fsp3) is 0.429. The van der Waals surface area contributed by atoms with Crippen LogP contribution >= 0.6 is 11.6 Å². The first-order chi connectivity index (χ1) is 7.82. The number of nitrogens with zero attached hydrogens (tertiary/aromatic N) is 1. The van der Waals surface area contributed by atoms with Gasteiger partial charge >= 0.3 is 0 Å². The lowest BCUT2D eigenvalue weighted by atomic mass is 9.98. The van der Waals surface area contributed by atoms with Gasteiger partial charge in [0, 0.05) is 23.2 Å². The van der Waals surface area contributed by atoms with E-state index in [1.165, 1.54) is 0 Å². The molecular weight excluding hydrogens is 234 g/mol. The highest BCUT2D eigenvalue weighted by molar-refractivity contribution is 6.35. The Hall–Kier alpha value is -0.990. The number of rotatable bonds is 2. The predicted molar refractivity (Wildman–Crippen MR) is 72.6 cm³/mol. The van der Waals surface area contributed by atoms with Crippen molar-refractivity contribution in [3.63, 3.8) is 0 Å². The monoisotopic (exact) mass is 251 g/mol. The van der Waals surface area contributed by atoms with E-state index < -0.39 is 5.60 Å². The van der Waals surface area contributed by atoms with E-state index in [1.54, 1.807) is 13.8 Å². The minimum atomic E-state index is -0.886. The molecule has 0 bridgehead atoms. The van der Waals surface area contributed by atoms with Crippen LogP contribution in [0.25, 0.3) is 10.9 Å². The molecule has 17 heavy (non-hydrogen) atoms. The van der Waals surface area contributed by atoms with Crippen molar-refractivity contribution < 1.29 is 5.11 Å². The second kappa shape index (κ2) is 4.04. The molecule has 1 aromatic heterocycles. The fourth-order valence-electron chi connectivity index (χ4n) is 2.16. The Labute approximate surface area is 107 Å². The standard InChI is InChI=1S/C14H18ClNO/c1-9(2)16-8-10(14(3,4)17)13-11(15)6-5-7-12(13)16/h5-9,17H,1-4H3. The van der Waals surface area contributed by atoms with Crippen molar-refractivity contribution in [1.29, 1.82) is 0 Å². The van der Waals surface area contributed by atoms with E-state index in [1.807, 2.05) is 24.4 Å². The maximum absolute atomic E-state index is 10.2. The molecule has 1 heterocycles. The van der Waals surface area contributed by atoms with Crippen molar-refractivity contribution in [1.82, 2.24) is 4.57 Å². The zero-order valence-electron chi connectivity index (χ0n) is 10.7. The van der Waals surface area contributed by atoms with Crippen molar-refractivity contribution in [2.75, 3.05) is 0 Å². The van der Waals surface area contributed by atoms with Crippen molar-refractivity contribution in [3.05, 3.63) is 35.0 Å². The highest BCUT2D eigenvalue weighted by atomic mass is 35.5. The molecule has 0 spiro atoms. The average Bonchev–Trinajstić information content (AvgIpc) is 2.57. The Balaban J connectivity index is 2.86. The lowest BCUT2D eigenvalue weighted by molar-refractivity contribution is 0.0799. The summed E-state index contributed by atoms with van der Waals surface area (Å²) in [6.07, 6.45) is 2.00. The molecule has 0 fully saturated rings. The quantitative estimate of drug-likeness (QED) is 0.854. The Kier molecular flexibility index (Phi) is 2.96. The minimum absolute atomic E-state index is 0.340. The van der Waals surface area contributed by atoms with Crippen LogP contribution in [0.2, 0.25) is 5.02 Å². The second-order valence-corrected chi connectivity index (χ2v) is 5.64. The van der Waals surface area contributed by atoms with Gasteiger partial charge < -0.3 is 9.67 Å². The molecule has 0 atom stereocenters. The molecule has 0 aliphatic heterocycles. The van der Waals surface area contributed by atoms with Crippen LogP contribution in [0.15, 0.2) is 24.4 Å². The number of halogens is 1. The summed E-state index contributed by atoms with van der Waals surface area (Å²) >= 11 is 6.26. The minimum Gasteiger partial charge on any atom is -0.386 e. The van der Waals surface area contributed by atoms with Crippen LogP contribution in [0.4, 0.5) is 0 Å². The number of aromatic nitrogens is 1. The van der Waals surface area contributed by atoms with Gasteiger partial charge in [-0.15, -0.1) is 0 Å². The third-order valence-corrected chi connectivity index (χ3v) is 3.34. The first-order valence-electron chi connectivity index (χ1n) is 5.84. The summed E-state index contributed by atoms with van der Waals surface area (Å²) in [4.78, 5) is 0. The Morgan fingerprint density at radius 3 is 2.47 bits per heavy atom. The van der Waals surface area contributed by atoms with E-state index in [2.05, 4.69) is 18.4 Å². The number of hydrogen-bond donors (Lipinski definition) is 1. The second-order valence-electron chi connectivity index (χ2n) is 5.24. The molecule has 1 aromatic carbocycles. The van der Waals surface area contributed by atoms with Gasteiger partial charge in [-0.2, -0.15) is 0 Å². The Morgan fingerprint density at radius 2 is 1.94 bits per heavy atom. The molecule has 0 saturated carbocycles. The summed E-state index contributed by atoms with van der Waals surface area (Å²) in [5.74, 6) is 0. The van der Waals surface area contributed by atoms with Gasteiger partial charge in [-0.3, -0.25) is 0 Å². The Bertz CT molecular complexity index is 549. The normalized spacial score (nSPS) is 12.6. The van der Waals surface area contributed by atoms with E-state index in [0.717, 1.165) is 16.5 Å². The topological polar surface area (TPSA) is 25.2 Å². The maximum Gasteiger partial charge on any atom is 0.0861 e. The molecule has 0 aliphatic rings. The fourth-order valence-corrected chi connectivity index (χ4v) is 2.43. The highest BCUT2D eigenvalue weighted by Crippen LogP contribution is 2.36. The molecule has 3 heteroatoms. The lowest BCUT2D eigenvalue weighted by Crippen LogP contribution is -2.15. The van der Waals surface area contributed by atoms with Gasteiger partial charge in [0.05, 0.1) is 16.1 Å². The summed E-state index contributed by atoms with van der Waals surface area (Å²) in [5, 5.41) is 11.9. The van der Waals surface area contributed by atoms with Gasteiger partial charge in [0.25, 0.3) is 0 Å². The number of hydrogen-bond acceptors (Lipinski definition) is 1. The summed E-state index contributed by atoms with van der Waals surface area (Å²) < 4.78 is 2.15. The number of benzene rings is 1. The largest absolute Gasteiger partial charge is 0.386 e. The molecule has 0 unspecified atom stereocenters. The van der Waals surface area contributed by atoms with E-state index in [0.29, 0.717) is 11.1 Å². The van der Waals surface area contributed by atoms with Crippen LogP contribution in [0.3, 0.4) is 0 Å². The zero-order chi connectivity index (χ0) is 12.8. The van der Waals surface area contributed by atoms with Crippen LogP contribution < -0.4 is 0 Å². The van der Waals surface area contributed by atoms with Gasteiger partial charge in [0.1, 0.15) is 0 Å². The van der Waals surface area contributed by atoms with E-state index in [9.17, 15) is 5.11 Å². The first kappa shape index (κ1) is 12.5. The molecule has 0 radical (unpaired) electrons. The molecule has 1 N–H and O–H groups in total. The molecular formula is C14H18ClNO. The number of fused-ring (bicyclic) bond motifs is 1.